The van der Waals surface area contributed by atoms with Crippen LogP contribution in [0.5, 0.6) is 0 Å². The highest BCUT2D eigenvalue weighted by Gasteiger charge is 2.70. The summed E-state index contributed by atoms with van der Waals surface area (Å²) in [6.45, 7) is 0.102. The van der Waals surface area contributed by atoms with Crippen LogP contribution in [-0.2, 0) is 16.1 Å². The maximum atomic E-state index is 13.0. The van der Waals surface area contributed by atoms with Gasteiger partial charge in [-0.3, -0.25) is 9.59 Å². The molecule has 2 amide bonds. The second kappa shape index (κ2) is 6.03. The molecule has 5 aliphatic carbocycles. The summed E-state index contributed by atoms with van der Waals surface area (Å²) in [5, 5.41) is 14.2. The largest absolute Gasteiger partial charge is 0.352 e. The van der Waals surface area contributed by atoms with Gasteiger partial charge in [0.05, 0.1) is 0 Å². The number of aromatic nitrogens is 4. The van der Waals surface area contributed by atoms with Crippen LogP contribution in [0.4, 0.5) is 0 Å². The highest BCUT2D eigenvalue weighted by atomic mass is 16.2. The zero-order valence-corrected chi connectivity index (χ0v) is 15.1. The summed E-state index contributed by atoms with van der Waals surface area (Å²) in [4.78, 5) is 28.4. The molecule has 0 aromatic carbocycles. The summed E-state index contributed by atoms with van der Waals surface area (Å²) in [6.07, 6.45) is 7.69. The van der Waals surface area contributed by atoms with Crippen LogP contribution in [0.1, 0.15) is 38.5 Å². The molecule has 5 aliphatic rings. The molecule has 5 fully saturated rings. The number of hydrogen-bond acceptors (Lipinski definition) is 5. The topological polar surface area (TPSA) is 93.0 Å². The van der Waals surface area contributed by atoms with E-state index in [1.807, 2.05) is 11.9 Å². The molecule has 1 N–H and O–H groups in total. The molecule has 5 saturated carbocycles. The second-order valence-electron chi connectivity index (χ2n) is 8.65. The first-order valence-corrected chi connectivity index (χ1v) is 9.88. The molecule has 8 heteroatoms. The molecule has 140 valence electrons. The molecule has 4 bridgehead atoms. The van der Waals surface area contributed by atoms with E-state index < -0.39 is 0 Å². The molecule has 8 nitrogen and oxygen atoms in total. The Bertz CT molecular complexity index is 685. The average molecular weight is 358 g/mol. The van der Waals surface area contributed by atoms with Crippen LogP contribution in [0.3, 0.4) is 0 Å². The van der Waals surface area contributed by atoms with Crippen molar-refractivity contribution in [3.8, 4) is 0 Å². The van der Waals surface area contributed by atoms with Gasteiger partial charge < -0.3 is 10.2 Å². The highest BCUT2D eigenvalue weighted by Crippen LogP contribution is 2.73. The molecule has 1 aromatic heterocycles. The fourth-order valence-electron chi connectivity index (χ4n) is 6.13. The van der Waals surface area contributed by atoms with Crippen LogP contribution in [0.15, 0.2) is 6.33 Å². The Labute approximate surface area is 152 Å². The predicted molar refractivity (Wildman–Crippen MR) is 91.5 cm³/mol. The van der Waals surface area contributed by atoms with Crippen molar-refractivity contribution >= 4 is 11.8 Å². The molecule has 1 aromatic rings. The van der Waals surface area contributed by atoms with E-state index in [0.29, 0.717) is 23.8 Å². The second-order valence-corrected chi connectivity index (χ2v) is 8.65. The molecule has 0 aliphatic heterocycles. The Morgan fingerprint density at radius 3 is 2.50 bits per heavy atom. The lowest BCUT2D eigenvalue weighted by Gasteiger charge is -2.36. The Kier molecular flexibility index (Phi) is 3.76. The number of hydrogen-bond donors (Lipinski definition) is 1. The maximum Gasteiger partial charge on any atom is 0.243 e. The van der Waals surface area contributed by atoms with E-state index in [0.717, 1.165) is 43.4 Å². The number of tetrazole rings is 1. The standard InChI is InChI=1S/C18H26N6O2/c1-23(18(26)16-10-6-13-14(7-10)17(13)16)12-4-2-11(3-5-12)21-15(25)8-24-20-9-19-22-24/h9-14,16-17H,2-8H2,1H3,(H,21,25). The van der Waals surface area contributed by atoms with Gasteiger partial charge in [0.1, 0.15) is 6.54 Å². The SMILES string of the molecule is CN(C(=O)C1C2CC3C(C2)C31)C1CCC(NC(=O)Cn2ncnn2)CC1. The zero-order valence-electron chi connectivity index (χ0n) is 15.1. The maximum absolute atomic E-state index is 13.0. The lowest BCUT2D eigenvalue weighted by atomic mass is 9.88. The minimum Gasteiger partial charge on any atom is -0.352 e. The van der Waals surface area contributed by atoms with Gasteiger partial charge in [0.2, 0.25) is 11.8 Å². The Balaban J connectivity index is 1.10. The van der Waals surface area contributed by atoms with Gasteiger partial charge in [0.25, 0.3) is 0 Å². The van der Waals surface area contributed by atoms with Crippen LogP contribution < -0.4 is 5.32 Å². The van der Waals surface area contributed by atoms with Crippen molar-refractivity contribution in [3.63, 3.8) is 0 Å². The van der Waals surface area contributed by atoms with Crippen molar-refractivity contribution in [2.75, 3.05) is 7.05 Å². The lowest BCUT2D eigenvalue weighted by Crippen LogP contribution is -2.47. The van der Waals surface area contributed by atoms with Crippen molar-refractivity contribution < 1.29 is 9.59 Å². The van der Waals surface area contributed by atoms with E-state index in [2.05, 4.69) is 20.7 Å². The number of carbonyl (C=O) groups excluding carboxylic acids is 2. The van der Waals surface area contributed by atoms with Crippen LogP contribution >= 0.6 is 0 Å². The van der Waals surface area contributed by atoms with Gasteiger partial charge in [-0.2, -0.15) is 4.80 Å². The molecule has 6 rings (SSSR count). The van der Waals surface area contributed by atoms with Crippen LogP contribution in [0.25, 0.3) is 0 Å². The van der Waals surface area contributed by atoms with E-state index >= 15 is 0 Å². The van der Waals surface area contributed by atoms with Gasteiger partial charge in [0, 0.05) is 25.0 Å². The minimum atomic E-state index is -0.0820. The van der Waals surface area contributed by atoms with Crippen molar-refractivity contribution in [3.05, 3.63) is 6.33 Å². The van der Waals surface area contributed by atoms with Gasteiger partial charge in [-0.05, 0) is 67.4 Å². The Morgan fingerprint density at radius 1 is 1.19 bits per heavy atom. The molecule has 0 radical (unpaired) electrons. The third-order valence-electron chi connectivity index (χ3n) is 7.39. The first-order chi connectivity index (χ1) is 12.6. The molecule has 3 unspecified atom stereocenters. The van der Waals surface area contributed by atoms with Crippen molar-refractivity contribution in [2.24, 2.45) is 29.6 Å². The van der Waals surface area contributed by atoms with Crippen LogP contribution in [-0.4, -0.2) is 56.1 Å². The monoisotopic (exact) mass is 358 g/mol. The first kappa shape index (κ1) is 16.2. The summed E-state index contributed by atoms with van der Waals surface area (Å²) in [6, 6.07) is 0.500. The molecular weight excluding hydrogens is 332 g/mol. The third kappa shape index (κ3) is 2.61. The number of amides is 2. The average Bonchev–Trinajstić information content (AvgIpc) is 3.20. The van der Waals surface area contributed by atoms with E-state index in [1.54, 1.807) is 0 Å². The summed E-state index contributed by atoms with van der Waals surface area (Å²) in [7, 11) is 2.00. The van der Waals surface area contributed by atoms with Gasteiger partial charge in [-0.25, -0.2) is 0 Å². The quantitative estimate of drug-likeness (QED) is 0.825. The highest BCUT2D eigenvalue weighted by molar-refractivity contribution is 5.81. The number of carbonyl (C=O) groups is 2. The number of nitrogens with zero attached hydrogens (tertiary/aromatic N) is 5. The molecule has 3 atom stereocenters. The summed E-state index contributed by atoms with van der Waals surface area (Å²) in [5.74, 6) is 3.79. The number of rotatable bonds is 5. The normalized spacial score (nSPS) is 39.7. The Hall–Kier alpha value is -1.99. The summed E-state index contributed by atoms with van der Waals surface area (Å²) >= 11 is 0. The smallest absolute Gasteiger partial charge is 0.243 e. The van der Waals surface area contributed by atoms with Crippen molar-refractivity contribution in [2.45, 2.75) is 57.2 Å². The molecular formula is C18H26N6O2. The van der Waals surface area contributed by atoms with E-state index in [-0.39, 0.29) is 18.5 Å². The molecule has 0 saturated heterocycles. The van der Waals surface area contributed by atoms with Gasteiger partial charge >= 0.3 is 0 Å². The zero-order chi connectivity index (χ0) is 17.8. The third-order valence-corrected chi connectivity index (χ3v) is 7.39. The van der Waals surface area contributed by atoms with Crippen LogP contribution in [0, 0.1) is 29.6 Å². The van der Waals surface area contributed by atoms with E-state index in [4.69, 9.17) is 0 Å². The van der Waals surface area contributed by atoms with Gasteiger partial charge in [0.15, 0.2) is 6.33 Å². The first-order valence-electron chi connectivity index (χ1n) is 9.88. The van der Waals surface area contributed by atoms with Gasteiger partial charge in [-0.15, -0.1) is 10.2 Å². The molecule has 1 heterocycles. The summed E-state index contributed by atoms with van der Waals surface area (Å²) in [5.41, 5.74) is 0. The predicted octanol–water partition coefficient (Wildman–Crippen LogP) is 0.461. The van der Waals surface area contributed by atoms with E-state index in [9.17, 15) is 9.59 Å². The van der Waals surface area contributed by atoms with Crippen LogP contribution in [0.2, 0.25) is 0 Å². The lowest BCUT2D eigenvalue weighted by molar-refractivity contribution is -0.138. The van der Waals surface area contributed by atoms with Crippen molar-refractivity contribution in [1.82, 2.24) is 30.4 Å². The molecule has 26 heavy (non-hydrogen) atoms. The van der Waals surface area contributed by atoms with Gasteiger partial charge in [-0.1, -0.05) is 0 Å². The summed E-state index contributed by atoms with van der Waals surface area (Å²) < 4.78 is 0. The fraction of sp³-hybridized carbons (Fsp3) is 0.833. The van der Waals surface area contributed by atoms with E-state index in [1.165, 1.54) is 24.0 Å². The minimum absolute atomic E-state index is 0.0820. The Morgan fingerprint density at radius 2 is 1.92 bits per heavy atom. The van der Waals surface area contributed by atoms with Crippen molar-refractivity contribution in [1.29, 1.82) is 0 Å². The fourth-order valence-corrected chi connectivity index (χ4v) is 6.13. The number of nitrogens with one attached hydrogen (secondary N) is 1. The molecule has 0 spiro atoms.